The minimum Gasteiger partial charge on any atom is -0.453 e. The number of nitrogens with one attached hydrogen (secondary N) is 1. The Morgan fingerprint density at radius 2 is 2.19 bits per heavy atom. The molecule has 1 N–H and O–H groups in total. The number of nitrogens with zero attached hydrogens (tertiary/aromatic N) is 2. The van der Waals surface area contributed by atoms with Crippen molar-refractivity contribution in [1.29, 1.82) is 0 Å². The third-order valence-corrected chi connectivity index (χ3v) is 3.96. The zero-order chi connectivity index (χ0) is 14.4. The maximum absolute atomic E-state index is 6.05. The van der Waals surface area contributed by atoms with Crippen LogP contribution in [0.4, 0.5) is 5.69 Å². The Morgan fingerprint density at radius 1 is 1.29 bits per heavy atom. The first-order valence-electron chi connectivity index (χ1n) is 7.37. The van der Waals surface area contributed by atoms with E-state index in [0.29, 0.717) is 0 Å². The third kappa shape index (κ3) is 1.98. The van der Waals surface area contributed by atoms with Crippen LogP contribution in [0.5, 0.6) is 0 Å². The van der Waals surface area contributed by atoms with Gasteiger partial charge in [0.2, 0.25) is 0 Å². The van der Waals surface area contributed by atoms with Crippen LogP contribution in [-0.2, 0) is 6.42 Å². The van der Waals surface area contributed by atoms with Crippen molar-refractivity contribution in [3.63, 3.8) is 0 Å². The standard InChI is InChI=1S/C17H17N3O/c1-3-18-12-8-16-14(6-10(12)2)20-15-7-11-4-5-19-13(11)9-17(15)21-16/h6-9,19H,3-5H2,1-2H3. The van der Waals surface area contributed by atoms with E-state index in [2.05, 4.69) is 35.4 Å². The van der Waals surface area contributed by atoms with E-state index in [1.165, 1.54) is 5.56 Å². The van der Waals surface area contributed by atoms with Crippen molar-refractivity contribution in [1.82, 2.24) is 4.98 Å². The van der Waals surface area contributed by atoms with Crippen LogP contribution in [0.1, 0.15) is 18.1 Å². The molecular weight excluding hydrogens is 262 g/mol. The summed E-state index contributed by atoms with van der Waals surface area (Å²) in [6, 6.07) is 8.23. The zero-order valence-electron chi connectivity index (χ0n) is 12.2. The third-order valence-electron chi connectivity index (χ3n) is 3.96. The summed E-state index contributed by atoms with van der Waals surface area (Å²) in [4.78, 5) is 9.25. The van der Waals surface area contributed by atoms with Crippen molar-refractivity contribution < 1.29 is 4.42 Å². The normalized spacial score (nSPS) is 14.7. The topological polar surface area (TPSA) is 50.4 Å². The smallest absolute Gasteiger partial charge is 0.155 e. The van der Waals surface area contributed by atoms with Crippen LogP contribution < -0.4 is 10.7 Å². The molecule has 106 valence electrons. The SMILES string of the molecule is CCN=c1cc2oc3cc4c(cc3nc-2cc1C)CCN4. The van der Waals surface area contributed by atoms with Crippen LogP contribution in [0.15, 0.2) is 33.7 Å². The first-order valence-corrected chi connectivity index (χ1v) is 7.37. The molecule has 0 radical (unpaired) electrons. The van der Waals surface area contributed by atoms with Crippen molar-refractivity contribution in [2.45, 2.75) is 20.3 Å². The summed E-state index contributed by atoms with van der Waals surface area (Å²) in [6.07, 6.45) is 1.05. The Kier molecular flexibility index (Phi) is 2.70. The predicted octanol–water partition coefficient (Wildman–Crippen LogP) is 3.13. The fourth-order valence-corrected chi connectivity index (χ4v) is 2.90. The molecule has 0 spiro atoms. The molecule has 4 rings (SSSR count). The summed E-state index contributed by atoms with van der Waals surface area (Å²) in [5, 5.41) is 4.36. The maximum Gasteiger partial charge on any atom is 0.155 e. The Morgan fingerprint density at radius 3 is 3.05 bits per heavy atom. The minimum atomic E-state index is 0.769. The van der Waals surface area contributed by atoms with Crippen molar-refractivity contribution in [2.24, 2.45) is 4.99 Å². The van der Waals surface area contributed by atoms with Crippen molar-refractivity contribution in [3.8, 4) is 11.5 Å². The molecule has 0 amide bonds. The highest BCUT2D eigenvalue weighted by Gasteiger charge is 2.15. The molecule has 1 aromatic rings. The van der Waals surface area contributed by atoms with Gasteiger partial charge in [0, 0.05) is 30.9 Å². The van der Waals surface area contributed by atoms with Gasteiger partial charge in [-0.1, -0.05) is 0 Å². The van der Waals surface area contributed by atoms with Gasteiger partial charge < -0.3 is 9.73 Å². The van der Waals surface area contributed by atoms with Gasteiger partial charge in [0.15, 0.2) is 11.3 Å². The van der Waals surface area contributed by atoms with E-state index in [4.69, 9.17) is 9.40 Å². The highest BCUT2D eigenvalue weighted by molar-refractivity contribution is 5.82. The highest BCUT2D eigenvalue weighted by atomic mass is 16.3. The molecule has 0 saturated heterocycles. The molecule has 0 atom stereocenters. The molecule has 4 nitrogen and oxygen atoms in total. The molecule has 4 heteroatoms. The van der Waals surface area contributed by atoms with Crippen LogP contribution in [-0.4, -0.2) is 18.1 Å². The van der Waals surface area contributed by atoms with Crippen LogP contribution >= 0.6 is 0 Å². The molecular formula is C17H17N3O. The van der Waals surface area contributed by atoms with E-state index in [0.717, 1.165) is 58.7 Å². The fourth-order valence-electron chi connectivity index (χ4n) is 2.90. The molecule has 0 bridgehead atoms. The van der Waals surface area contributed by atoms with E-state index in [1.807, 2.05) is 13.0 Å². The number of anilines is 1. The second-order valence-electron chi connectivity index (χ2n) is 5.45. The lowest BCUT2D eigenvalue weighted by atomic mass is 10.1. The molecule has 3 aliphatic rings. The van der Waals surface area contributed by atoms with E-state index in [1.54, 1.807) is 0 Å². The number of hydrogen-bond acceptors (Lipinski definition) is 4. The lowest BCUT2D eigenvalue weighted by Crippen LogP contribution is -2.08. The van der Waals surface area contributed by atoms with Crippen molar-refractivity contribution in [2.75, 3.05) is 18.4 Å². The van der Waals surface area contributed by atoms with E-state index in [9.17, 15) is 0 Å². The zero-order valence-corrected chi connectivity index (χ0v) is 12.2. The highest BCUT2D eigenvalue weighted by Crippen LogP contribution is 2.30. The van der Waals surface area contributed by atoms with Gasteiger partial charge in [-0.15, -0.1) is 0 Å². The van der Waals surface area contributed by atoms with Gasteiger partial charge in [-0.2, -0.15) is 0 Å². The molecule has 0 aromatic heterocycles. The van der Waals surface area contributed by atoms with Gasteiger partial charge in [0.25, 0.3) is 0 Å². The number of hydrogen-bond donors (Lipinski definition) is 1. The molecule has 2 heterocycles. The number of aryl methyl sites for hydroxylation is 1. The average Bonchev–Trinajstić information content (AvgIpc) is 2.91. The summed E-state index contributed by atoms with van der Waals surface area (Å²) >= 11 is 0. The van der Waals surface area contributed by atoms with Gasteiger partial charge in [0.1, 0.15) is 11.2 Å². The lowest BCUT2D eigenvalue weighted by molar-refractivity contribution is 0.612. The molecule has 1 aliphatic carbocycles. The predicted molar refractivity (Wildman–Crippen MR) is 83.7 cm³/mol. The van der Waals surface area contributed by atoms with Gasteiger partial charge >= 0.3 is 0 Å². The Bertz CT molecular complexity index is 879. The molecule has 0 fully saturated rings. The molecule has 21 heavy (non-hydrogen) atoms. The van der Waals surface area contributed by atoms with E-state index in [-0.39, 0.29) is 0 Å². The Balaban J connectivity index is 2.03. The Labute approximate surface area is 122 Å². The maximum atomic E-state index is 6.05. The number of fused-ring (bicyclic) bond motifs is 3. The Hall–Kier alpha value is -2.36. The van der Waals surface area contributed by atoms with Crippen LogP contribution in [0, 0.1) is 6.92 Å². The van der Waals surface area contributed by atoms with Crippen molar-refractivity contribution in [3.05, 3.63) is 40.7 Å². The van der Waals surface area contributed by atoms with Gasteiger partial charge in [-0.05, 0) is 43.5 Å². The quantitative estimate of drug-likeness (QED) is 0.696. The summed E-state index contributed by atoms with van der Waals surface area (Å²) in [5.41, 5.74) is 6.25. The van der Waals surface area contributed by atoms with Crippen LogP contribution in [0.25, 0.3) is 22.6 Å². The second kappa shape index (κ2) is 4.58. The summed E-state index contributed by atoms with van der Waals surface area (Å²) < 4.78 is 6.05. The molecule has 0 unspecified atom stereocenters. The molecule has 2 aliphatic heterocycles. The number of rotatable bonds is 1. The monoisotopic (exact) mass is 279 g/mol. The first kappa shape index (κ1) is 12.4. The average molecular weight is 279 g/mol. The first-order chi connectivity index (χ1) is 10.2. The van der Waals surface area contributed by atoms with Crippen LogP contribution in [0.3, 0.4) is 0 Å². The van der Waals surface area contributed by atoms with Gasteiger partial charge in [-0.25, -0.2) is 4.98 Å². The van der Waals surface area contributed by atoms with Gasteiger partial charge in [-0.3, -0.25) is 4.99 Å². The molecule has 0 saturated carbocycles. The summed E-state index contributed by atoms with van der Waals surface area (Å²) in [7, 11) is 0. The largest absolute Gasteiger partial charge is 0.453 e. The minimum absolute atomic E-state index is 0.769. The number of benzene rings is 2. The summed E-state index contributed by atoms with van der Waals surface area (Å²) in [6.45, 7) is 5.86. The van der Waals surface area contributed by atoms with Crippen molar-refractivity contribution >= 4 is 16.8 Å². The summed E-state index contributed by atoms with van der Waals surface area (Å²) in [5.74, 6) is 0.790. The fraction of sp³-hybridized carbons (Fsp3) is 0.294. The van der Waals surface area contributed by atoms with Crippen LogP contribution in [0.2, 0.25) is 0 Å². The van der Waals surface area contributed by atoms with E-state index >= 15 is 0 Å². The lowest BCUT2D eigenvalue weighted by Gasteiger charge is -2.09. The number of aromatic nitrogens is 1. The van der Waals surface area contributed by atoms with Gasteiger partial charge in [0.05, 0.1) is 5.36 Å². The van der Waals surface area contributed by atoms with E-state index < -0.39 is 0 Å². The molecule has 1 aromatic carbocycles. The second-order valence-corrected chi connectivity index (χ2v) is 5.45.